The summed E-state index contributed by atoms with van der Waals surface area (Å²) in [5, 5.41) is 3.27. The van der Waals surface area contributed by atoms with Crippen molar-refractivity contribution in [3.05, 3.63) is 35.6 Å². The Morgan fingerprint density at radius 1 is 1.32 bits per heavy atom. The van der Waals surface area contributed by atoms with Crippen LogP contribution in [0.2, 0.25) is 0 Å². The van der Waals surface area contributed by atoms with Crippen LogP contribution >= 0.6 is 0 Å². The normalized spacial score (nSPS) is 29.8. The molecular formula is C18H25FN2O. The number of nitrogens with one attached hydrogen (secondary N) is 1. The number of rotatable bonds is 2. The van der Waals surface area contributed by atoms with Crippen molar-refractivity contribution in [3.8, 4) is 0 Å². The second kappa shape index (κ2) is 5.99. The topological polar surface area (TPSA) is 32.3 Å². The summed E-state index contributed by atoms with van der Waals surface area (Å²) >= 11 is 0. The van der Waals surface area contributed by atoms with Gasteiger partial charge in [0, 0.05) is 31.5 Å². The Labute approximate surface area is 131 Å². The van der Waals surface area contributed by atoms with Crippen molar-refractivity contribution in [2.45, 2.75) is 57.0 Å². The number of amides is 1. The van der Waals surface area contributed by atoms with Gasteiger partial charge >= 0.3 is 0 Å². The zero-order chi connectivity index (χ0) is 15.7. The van der Waals surface area contributed by atoms with Gasteiger partial charge in [-0.3, -0.25) is 9.69 Å². The fourth-order valence-electron chi connectivity index (χ4n) is 4.00. The van der Waals surface area contributed by atoms with Crippen LogP contribution in [-0.4, -0.2) is 35.5 Å². The standard InChI is InChI=1S/C18H25FN2O/c1-13(2)21-11-15(14-7-3-4-8-16(14)19)18(12-21)10-6-5-9-17(22)20-18/h3-4,7-8,13,15H,5-6,9-12H2,1-2H3,(H,20,22)/t15-,18+/m0/s1. The highest BCUT2D eigenvalue weighted by molar-refractivity contribution is 5.77. The van der Waals surface area contributed by atoms with Gasteiger partial charge in [-0.25, -0.2) is 4.39 Å². The zero-order valence-electron chi connectivity index (χ0n) is 13.4. The van der Waals surface area contributed by atoms with E-state index in [9.17, 15) is 9.18 Å². The second-order valence-corrected chi connectivity index (χ2v) is 7.01. The number of hydrogen-bond donors (Lipinski definition) is 1. The van der Waals surface area contributed by atoms with E-state index in [-0.39, 0.29) is 23.2 Å². The lowest BCUT2D eigenvalue weighted by atomic mass is 9.78. The first-order chi connectivity index (χ1) is 10.5. The molecule has 2 atom stereocenters. The van der Waals surface area contributed by atoms with E-state index in [0.29, 0.717) is 12.5 Å². The number of halogens is 1. The van der Waals surface area contributed by atoms with E-state index >= 15 is 0 Å². The van der Waals surface area contributed by atoms with Crippen LogP contribution < -0.4 is 5.32 Å². The molecule has 22 heavy (non-hydrogen) atoms. The van der Waals surface area contributed by atoms with Crippen molar-refractivity contribution in [3.63, 3.8) is 0 Å². The highest BCUT2D eigenvalue weighted by Gasteiger charge is 2.49. The molecule has 120 valence electrons. The van der Waals surface area contributed by atoms with Gasteiger partial charge in [0.05, 0.1) is 5.54 Å². The number of nitrogens with zero attached hydrogens (tertiary/aromatic N) is 1. The third-order valence-corrected chi connectivity index (χ3v) is 5.25. The van der Waals surface area contributed by atoms with Crippen molar-refractivity contribution in [2.75, 3.05) is 13.1 Å². The van der Waals surface area contributed by atoms with Crippen molar-refractivity contribution in [1.29, 1.82) is 0 Å². The molecule has 2 aliphatic heterocycles. The van der Waals surface area contributed by atoms with Crippen molar-refractivity contribution in [1.82, 2.24) is 10.2 Å². The Morgan fingerprint density at radius 2 is 2.09 bits per heavy atom. The molecule has 1 aromatic carbocycles. The molecule has 2 saturated heterocycles. The summed E-state index contributed by atoms with van der Waals surface area (Å²) in [6.07, 6.45) is 3.48. The third kappa shape index (κ3) is 2.76. The van der Waals surface area contributed by atoms with Crippen LogP contribution in [-0.2, 0) is 4.79 Å². The summed E-state index contributed by atoms with van der Waals surface area (Å²) in [5.74, 6) is -0.0152. The molecule has 2 fully saturated rings. The van der Waals surface area contributed by atoms with E-state index < -0.39 is 0 Å². The van der Waals surface area contributed by atoms with Gasteiger partial charge in [-0.15, -0.1) is 0 Å². The summed E-state index contributed by atoms with van der Waals surface area (Å²) in [6.45, 7) is 5.94. The predicted octanol–water partition coefficient (Wildman–Crippen LogP) is 3.06. The second-order valence-electron chi connectivity index (χ2n) is 7.01. The number of carbonyl (C=O) groups excluding carboxylic acids is 1. The van der Waals surface area contributed by atoms with E-state index in [0.717, 1.165) is 37.9 Å². The Bertz CT molecular complexity index is 560. The molecule has 1 N–H and O–H groups in total. The van der Waals surface area contributed by atoms with E-state index in [1.165, 1.54) is 6.07 Å². The molecule has 1 amide bonds. The van der Waals surface area contributed by atoms with Gasteiger partial charge in [0.2, 0.25) is 5.91 Å². The molecule has 2 aliphatic rings. The van der Waals surface area contributed by atoms with E-state index in [1.54, 1.807) is 6.07 Å². The quantitative estimate of drug-likeness (QED) is 0.911. The third-order valence-electron chi connectivity index (χ3n) is 5.25. The van der Waals surface area contributed by atoms with E-state index in [1.807, 2.05) is 12.1 Å². The maximum absolute atomic E-state index is 14.4. The van der Waals surface area contributed by atoms with Crippen LogP contribution in [0.1, 0.15) is 51.0 Å². The van der Waals surface area contributed by atoms with Gasteiger partial charge in [-0.1, -0.05) is 24.6 Å². The zero-order valence-corrected chi connectivity index (χ0v) is 13.4. The van der Waals surface area contributed by atoms with Crippen LogP contribution in [0, 0.1) is 5.82 Å². The SMILES string of the molecule is CC(C)N1C[C@@H](c2ccccc2F)[C@@]2(CCCCC(=O)N2)C1. The minimum atomic E-state index is -0.319. The first kappa shape index (κ1) is 15.5. The summed E-state index contributed by atoms with van der Waals surface area (Å²) in [6, 6.07) is 7.42. The maximum Gasteiger partial charge on any atom is 0.220 e. The molecule has 3 rings (SSSR count). The minimum absolute atomic E-state index is 0.0261. The van der Waals surface area contributed by atoms with Gasteiger partial charge in [0.25, 0.3) is 0 Å². The lowest BCUT2D eigenvalue weighted by molar-refractivity contribution is -0.122. The Balaban J connectivity index is 2.00. The molecular weight excluding hydrogens is 279 g/mol. The van der Waals surface area contributed by atoms with Crippen LogP contribution in [0.4, 0.5) is 4.39 Å². The summed E-state index contributed by atoms with van der Waals surface area (Å²) < 4.78 is 14.4. The molecule has 0 radical (unpaired) electrons. The smallest absolute Gasteiger partial charge is 0.220 e. The molecule has 4 heteroatoms. The maximum atomic E-state index is 14.4. The van der Waals surface area contributed by atoms with Gasteiger partial charge in [-0.05, 0) is 38.3 Å². The van der Waals surface area contributed by atoms with Crippen molar-refractivity contribution < 1.29 is 9.18 Å². The van der Waals surface area contributed by atoms with E-state index in [4.69, 9.17) is 0 Å². The number of carbonyl (C=O) groups is 1. The minimum Gasteiger partial charge on any atom is -0.349 e. The highest BCUT2D eigenvalue weighted by atomic mass is 19.1. The average molecular weight is 304 g/mol. The lowest BCUT2D eigenvalue weighted by Gasteiger charge is -2.35. The van der Waals surface area contributed by atoms with Crippen LogP contribution in [0.25, 0.3) is 0 Å². The van der Waals surface area contributed by atoms with Gasteiger partial charge in [-0.2, -0.15) is 0 Å². The first-order valence-corrected chi connectivity index (χ1v) is 8.31. The van der Waals surface area contributed by atoms with E-state index in [2.05, 4.69) is 24.1 Å². The fourth-order valence-corrected chi connectivity index (χ4v) is 4.00. The number of benzene rings is 1. The molecule has 0 aromatic heterocycles. The fraction of sp³-hybridized carbons (Fsp3) is 0.611. The molecule has 1 aromatic rings. The Morgan fingerprint density at radius 3 is 2.82 bits per heavy atom. The summed E-state index contributed by atoms with van der Waals surface area (Å²) in [7, 11) is 0. The van der Waals surface area contributed by atoms with Crippen LogP contribution in [0.5, 0.6) is 0 Å². The predicted molar refractivity (Wildman–Crippen MR) is 85.2 cm³/mol. The van der Waals surface area contributed by atoms with Crippen LogP contribution in [0.15, 0.2) is 24.3 Å². The summed E-state index contributed by atoms with van der Waals surface area (Å²) in [5.41, 5.74) is 0.424. The molecule has 3 nitrogen and oxygen atoms in total. The monoisotopic (exact) mass is 304 g/mol. The van der Waals surface area contributed by atoms with Gasteiger partial charge in [0.1, 0.15) is 5.82 Å². The molecule has 0 saturated carbocycles. The molecule has 2 heterocycles. The highest BCUT2D eigenvalue weighted by Crippen LogP contribution is 2.42. The molecule has 1 spiro atoms. The molecule has 0 unspecified atom stereocenters. The summed E-state index contributed by atoms with van der Waals surface area (Å²) in [4.78, 5) is 14.5. The number of hydrogen-bond acceptors (Lipinski definition) is 2. The van der Waals surface area contributed by atoms with Crippen molar-refractivity contribution in [2.24, 2.45) is 0 Å². The van der Waals surface area contributed by atoms with Gasteiger partial charge in [0.15, 0.2) is 0 Å². The Hall–Kier alpha value is -1.42. The van der Waals surface area contributed by atoms with Crippen LogP contribution in [0.3, 0.4) is 0 Å². The largest absolute Gasteiger partial charge is 0.349 e. The van der Waals surface area contributed by atoms with Gasteiger partial charge < -0.3 is 5.32 Å². The molecule has 0 aliphatic carbocycles. The first-order valence-electron chi connectivity index (χ1n) is 8.31. The lowest BCUT2D eigenvalue weighted by Crippen LogP contribution is -2.53. The molecule has 0 bridgehead atoms. The number of likely N-dealkylation sites (tertiary alicyclic amines) is 1. The Kier molecular flexibility index (Phi) is 4.22. The van der Waals surface area contributed by atoms with Crippen molar-refractivity contribution >= 4 is 5.91 Å². The average Bonchev–Trinajstić information content (AvgIpc) is 2.72.